The van der Waals surface area contributed by atoms with Crippen LogP contribution in [0.25, 0.3) is 0 Å². The van der Waals surface area contributed by atoms with Gasteiger partial charge in [-0.3, -0.25) is 0 Å². The van der Waals surface area contributed by atoms with Crippen LogP contribution in [-0.2, 0) is 0 Å². The Labute approximate surface area is 114 Å². The highest BCUT2D eigenvalue weighted by molar-refractivity contribution is 5.22. The molecule has 3 rings (SSSR count). The Bertz CT molecular complexity index is 458. The van der Waals surface area contributed by atoms with E-state index in [-0.39, 0.29) is 5.41 Å². The molecule has 0 atom stereocenters. The summed E-state index contributed by atoms with van der Waals surface area (Å²) in [5.41, 5.74) is 0.194. The van der Waals surface area contributed by atoms with Crippen LogP contribution >= 0.6 is 0 Å². The van der Waals surface area contributed by atoms with E-state index in [1.165, 1.54) is 12.8 Å². The zero-order chi connectivity index (χ0) is 13.0. The maximum atomic E-state index is 5.83. The van der Waals surface area contributed by atoms with Gasteiger partial charge in [-0.2, -0.15) is 0 Å². The fourth-order valence-electron chi connectivity index (χ4n) is 1.96. The molecule has 0 heterocycles. The number of ether oxygens (including phenoxy) is 2. The molecule has 0 N–H and O–H groups in total. The summed E-state index contributed by atoms with van der Waals surface area (Å²) in [4.78, 5) is 0. The van der Waals surface area contributed by atoms with Crippen molar-refractivity contribution in [2.75, 3.05) is 13.2 Å². The Kier molecular flexibility index (Phi) is 3.41. The Morgan fingerprint density at radius 1 is 0.895 bits per heavy atom. The smallest absolute Gasteiger partial charge is 0.127 e. The monoisotopic (exact) mass is 253 g/mol. The van der Waals surface area contributed by atoms with Crippen molar-refractivity contribution in [2.45, 2.75) is 12.8 Å². The summed E-state index contributed by atoms with van der Waals surface area (Å²) in [6.07, 6.45) is 2.35. The van der Waals surface area contributed by atoms with Crippen LogP contribution < -0.4 is 9.47 Å². The Morgan fingerprint density at radius 2 is 1.63 bits per heavy atom. The SMILES string of the molecule is [c]1ccccc1OCC1(COc2ccccc2)CC1. The van der Waals surface area contributed by atoms with Gasteiger partial charge in [0.05, 0.1) is 13.2 Å². The van der Waals surface area contributed by atoms with E-state index in [4.69, 9.17) is 9.47 Å². The topological polar surface area (TPSA) is 18.5 Å². The minimum absolute atomic E-state index is 0.194. The standard InChI is InChI=1S/C17H17O2/c1-3-7-15(8-4-1)18-13-17(11-12-17)14-19-16-9-5-2-6-10-16/h1-9H,11-14H2. The lowest BCUT2D eigenvalue weighted by Gasteiger charge is -2.17. The van der Waals surface area contributed by atoms with E-state index in [1.807, 2.05) is 54.6 Å². The maximum absolute atomic E-state index is 5.83. The van der Waals surface area contributed by atoms with Crippen molar-refractivity contribution in [1.82, 2.24) is 0 Å². The third-order valence-corrected chi connectivity index (χ3v) is 3.46. The van der Waals surface area contributed by atoms with Gasteiger partial charge < -0.3 is 9.47 Å². The second-order valence-electron chi connectivity index (χ2n) is 5.12. The van der Waals surface area contributed by atoms with Crippen LogP contribution in [0.1, 0.15) is 12.8 Å². The van der Waals surface area contributed by atoms with Crippen molar-refractivity contribution in [2.24, 2.45) is 5.41 Å². The minimum Gasteiger partial charge on any atom is -0.493 e. The van der Waals surface area contributed by atoms with E-state index >= 15 is 0 Å². The van der Waals surface area contributed by atoms with Crippen LogP contribution in [0.2, 0.25) is 0 Å². The number of rotatable bonds is 6. The quantitative estimate of drug-likeness (QED) is 0.781. The summed E-state index contributed by atoms with van der Waals surface area (Å²) in [6, 6.07) is 20.7. The summed E-state index contributed by atoms with van der Waals surface area (Å²) in [6.45, 7) is 1.43. The molecule has 1 aliphatic rings. The van der Waals surface area contributed by atoms with Crippen molar-refractivity contribution in [3.8, 4) is 11.5 Å². The molecule has 2 nitrogen and oxygen atoms in total. The zero-order valence-corrected chi connectivity index (χ0v) is 10.8. The highest BCUT2D eigenvalue weighted by Crippen LogP contribution is 2.46. The summed E-state index contributed by atoms with van der Waals surface area (Å²) in [7, 11) is 0. The van der Waals surface area contributed by atoms with Crippen molar-refractivity contribution in [1.29, 1.82) is 0 Å². The molecule has 2 aromatic rings. The first-order valence-electron chi connectivity index (χ1n) is 6.64. The van der Waals surface area contributed by atoms with E-state index in [0.29, 0.717) is 6.61 Å². The van der Waals surface area contributed by atoms with E-state index in [0.717, 1.165) is 18.1 Å². The lowest BCUT2D eigenvalue weighted by Crippen LogP contribution is -2.21. The molecule has 2 heteroatoms. The second-order valence-corrected chi connectivity index (χ2v) is 5.12. The van der Waals surface area contributed by atoms with Gasteiger partial charge in [0.25, 0.3) is 0 Å². The Morgan fingerprint density at radius 3 is 2.32 bits per heavy atom. The van der Waals surface area contributed by atoms with Crippen LogP contribution in [0.5, 0.6) is 11.5 Å². The largest absolute Gasteiger partial charge is 0.493 e. The van der Waals surface area contributed by atoms with Gasteiger partial charge in [-0.05, 0) is 31.0 Å². The van der Waals surface area contributed by atoms with E-state index < -0.39 is 0 Å². The van der Waals surface area contributed by atoms with E-state index in [1.54, 1.807) is 0 Å². The third kappa shape index (κ3) is 3.28. The van der Waals surface area contributed by atoms with Crippen LogP contribution in [-0.4, -0.2) is 13.2 Å². The van der Waals surface area contributed by atoms with Crippen LogP contribution in [0.4, 0.5) is 0 Å². The summed E-state index contributed by atoms with van der Waals surface area (Å²) < 4.78 is 11.6. The van der Waals surface area contributed by atoms with Gasteiger partial charge in [0.1, 0.15) is 11.5 Å². The molecular formula is C17H17O2. The Balaban J connectivity index is 1.50. The second kappa shape index (κ2) is 5.35. The van der Waals surface area contributed by atoms with Gasteiger partial charge in [0, 0.05) is 11.5 Å². The molecule has 1 saturated carbocycles. The molecular weight excluding hydrogens is 236 g/mol. The highest BCUT2D eigenvalue weighted by Gasteiger charge is 2.44. The zero-order valence-electron chi connectivity index (χ0n) is 10.8. The predicted molar refractivity (Wildman–Crippen MR) is 74.4 cm³/mol. The first-order valence-corrected chi connectivity index (χ1v) is 6.64. The molecule has 0 unspecified atom stereocenters. The molecule has 19 heavy (non-hydrogen) atoms. The molecule has 2 aromatic carbocycles. The molecule has 1 fully saturated rings. The Hall–Kier alpha value is -1.96. The molecule has 0 bridgehead atoms. The lowest BCUT2D eigenvalue weighted by molar-refractivity contribution is 0.160. The number of para-hydroxylation sites is 2. The molecule has 0 aromatic heterocycles. The van der Waals surface area contributed by atoms with Gasteiger partial charge in [-0.1, -0.05) is 36.4 Å². The highest BCUT2D eigenvalue weighted by atomic mass is 16.5. The average molecular weight is 253 g/mol. The number of benzene rings is 2. The van der Waals surface area contributed by atoms with Gasteiger partial charge in [-0.15, -0.1) is 0 Å². The molecule has 0 aliphatic heterocycles. The molecule has 0 amide bonds. The minimum atomic E-state index is 0.194. The summed E-state index contributed by atoms with van der Waals surface area (Å²) in [5, 5.41) is 0. The fourth-order valence-corrected chi connectivity index (χ4v) is 1.96. The normalized spacial score (nSPS) is 15.8. The maximum Gasteiger partial charge on any atom is 0.127 e. The van der Waals surface area contributed by atoms with Crippen LogP contribution in [0.3, 0.4) is 0 Å². The van der Waals surface area contributed by atoms with Gasteiger partial charge in [0.15, 0.2) is 0 Å². The molecule has 97 valence electrons. The number of hydrogen-bond acceptors (Lipinski definition) is 2. The lowest BCUT2D eigenvalue weighted by atomic mass is 10.1. The van der Waals surface area contributed by atoms with E-state index in [9.17, 15) is 0 Å². The third-order valence-electron chi connectivity index (χ3n) is 3.46. The number of hydrogen-bond donors (Lipinski definition) is 0. The molecule has 0 spiro atoms. The van der Waals surface area contributed by atoms with Crippen molar-refractivity contribution < 1.29 is 9.47 Å². The molecule has 0 saturated heterocycles. The summed E-state index contributed by atoms with van der Waals surface area (Å²) in [5.74, 6) is 1.74. The molecule has 1 radical (unpaired) electrons. The van der Waals surface area contributed by atoms with E-state index in [2.05, 4.69) is 6.07 Å². The first-order chi connectivity index (χ1) is 9.36. The van der Waals surface area contributed by atoms with Crippen molar-refractivity contribution in [3.63, 3.8) is 0 Å². The first kappa shape index (κ1) is 12.1. The fraction of sp³-hybridized carbons (Fsp3) is 0.294. The average Bonchev–Trinajstić information content (AvgIpc) is 3.26. The van der Waals surface area contributed by atoms with Crippen LogP contribution in [0.15, 0.2) is 54.6 Å². The van der Waals surface area contributed by atoms with Gasteiger partial charge in [-0.25, -0.2) is 0 Å². The molecule has 1 aliphatic carbocycles. The van der Waals surface area contributed by atoms with Crippen LogP contribution in [0, 0.1) is 11.5 Å². The van der Waals surface area contributed by atoms with Gasteiger partial charge >= 0.3 is 0 Å². The van der Waals surface area contributed by atoms with Crippen molar-refractivity contribution >= 4 is 0 Å². The predicted octanol–water partition coefficient (Wildman–Crippen LogP) is 3.72. The summed E-state index contributed by atoms with van der Waals surface area (Å²) >= 11 is 0. The van der Waals surface area contributed by atoms with Gasteiger partial charge in [0.2, 0.25) is 0 Å². The van der Waals surface area contributed by atoms with Crippen molar-refractivity contribution in [3.05, 3.63) is 60.7 Å².